The third-order valence-corrected chi connectivity index (χ3v) is 11.2. The molecule has 0 N–H and O–H groups in total. The van der Waals surface area contributed by atoms with Gasteiger partial charge < -0.3 is 8.98 Å². The molecule has 6 nitrogen and oxygen atoms in total. The van der Waals surface area contributed by atoms with E-state index >= 15 is 0 Å². The number of rotatable bonds is 5. The normalized spacial score (nSPS) is 11.9. The summed E-state index contributed by atoms with van der Waals surface area (Å²) in [5, 5.41) is 6.72. The third kappa shape index (κ3) is 4.87. The van der Waals surface area contributed by atoms with Crippen molar-refractivity contribution < 1.29 is 4.42 Å². The van der Waals surface area contributed by atoms with Crippen molar-refractivity contribution in [3.05, 3.63) is 188 Å². The van der Waals surface area contributed by atoms with E-state index in [1.54, 1.807) is 0 Å². The molecule has 0 radical (unpaired) electrons. The van der Waals surface area contributed by atoms with Crippen LogP contribution in [0.25, 0.3) is 111 Å². The maximum atomic E-state index is 6.58. The molecule has 0 spiro atoms. The van der Waals surface area contributed by atoms with Gasteiger partial charge in [0.2, 0.25) is 5.95 Å². The molecule has 57 heavy (non-hydrogen) atoms. The summed E-state index contributed by atoms with van der Waals surface area (Å²) in [7, 11) is 0. The molecule has 0 amide bonds. The maximum absolute atomic E-state index is 6.58. The Morgan fingerprint density at radius 2 is 0.877 bits per heavy atom. The minimum atomic E-state index is 0.564. The van der Waals surface area contributed by atoms with E-state index < -0.39 is 0 Å². The fourth-order valence-electron chi connectivity index (χ4n) is 8.62. The van der Waals surface area contributed by atoms with Crippen LogP contribution in [0.5, 0.6) is 0 Å². The molecule has 12 rings (SSSR count). The molecule has 0 atom stereocenters. The van der Waals surface area contributed by atoms with Crippen LogP contribution < -0.4 is 0 Å². The summed E-state index contributed by atoms with van der Waals surface area (Å²) in [5.74, 6) is 1.75. The van der Waals surface area contributed by atoms with Gasteiger partial charge in [-0.1, -0.05) is 127 Å². The van der Waals surface area contributed by atoms with E-state index in [0.717, 1.165) is 71.6 Å². The van der Waals surface area contributed by atoms with Crippen LogP contribution in [0.1, 0.15) is 0 Å². The van der Waals surface area contributed by atoms with Crippen molar-refractivity contribution in [2.24, 2.45) is 0 Å². The molecule has 0 unspecified atom stereocenters. The van der Waals surface area contributed by atoms with E-state index in [2.05, 4.69) is 161 Å². The van der Waals surface area contributed by atoms with Crippen molar-refractivity contribution >= 4 is 65.6 Å². The quantitative estimate of drug-likeness (QED) is 0.177. The lowest BCUT2D eigenvalue weighted by Gasteiger charge is -2.11. The molecule has 0 aliphatic carbocycles. The Labute approximate surface area is 326 Å². The molecular formula is C51H31N5O. The van der Waals surface area contributed by atoms with Crippen LogP contribution in [-0.2, 0) is 0 Å². The minimum absolute atomic E-state index is 0.564. The van der Waals surface area contributed by atoms with Crippen molar-refractivity contribution in [3.8, 4) is 45.5 Å². The molecule has 12 aromatic rings. The molecule has 0 bridgehead atoms. The van der Waals surface area contributed by atoms with Crippen LogP contribution in [0.15, 0.2) is 192 Å². The standard InChI is InChI=1S/C51H31N5O/c1-3-14-32(15-4-1)34-26-28-44-39(30-34)38-20-9-10-21-41(38)55(44)45-24-13-25-47-48(45)40-31-35(27-29-46(40)57-47)50-52-49(33-16-5-2-6-17-33)53-51(54-50)56-42-22-11-7-18-36(42)37-19-8-12-23-43(37)56/h1-31H. The van der Waals surface area contributed by atoms with Crippen molar-refractivity contribution in [3.63, 3.8) is 0 Å². The zero-order chi connectivity index (χ0) is 37.5. The number of fused-ring (bicyclic) bond motifs is 9. The Morgan fingerprint density at radius 1 is 0.333 bits per heavy atom. The highest BCUT2D eigenvalue weighted by atomic mass is 16.3. The summed E-state index contributed by atoms with van der Waals surface area (Å²) in [6.07, 6.45) is 0. The predicted octanol–water partition coefficient (Wildman–Crippen LogP) is 13.0. The highest BCUT2D eigenvalue weighted by Crippen LogP contribution is 2.41. The summed E-state index contributed by atoms with van der Waals surface area (Å²) < 4.78 is 11.1. The van der Waals surface area contributed by atoms with Gasteiger partial charge in [0.05, 0.1) is 33.1 Å². The summed E-state index contributed by atoms with van der Waals surface area (Å²) in [6.45, 7) is 0. The van der Waals surface area contributed by atoms with Gasteiger partial charge in [-0.05, 0) is 71.8 Å². The zero-order valence-electron chi connectivity index (χ0n) is 30.5. The first-order chi connectivity index (χ1) is 28.3. The summed E-state index contributed by atoms with van der Waals surface area (Å²) >= 11 is 0. The van der Waals surface area contributed by atoms with Crippen molar-refractivity contribution in [2.75, 3.05) is 0 Å². The van der Waals surface area contributed by atoms with Crippen LogP contribution in [0.4, 0.5) is 0 Å². The Bertz CT molecular complexity index is 3470. The second-order valence-corrected chi connectivity index (χ2v) is 14.4. The first kappa shape index (κ1) is 31.5. The van der Waals surface area contributed by atoms with Crippen LogP contribution in [0.2, 0.25) is 0 Å². The van der Waals surface area contributed by atoms with E-state index in [1.165, 1.54) is 21.9 Å². The number of nitrogens with zero attached hydrogens (tertiary/aromatic N) is 5. The number of hydrogen-bond donors (Lipinski definition) is 0. The lowest BCUT2D eigenvalue weighted by Crippen LogP contribution is -2.06. The van der Waals surface area contributed by atoms with Crippen LogP contribution in [-0.4, -0.2) is 24.1 Å². The Morgan fingerprint density at radius 3 is 1.58 bits per heavy atom. The number of hydrogen-bond acceptors (Lipinski definition) is 4. The maximum Gasteiger partial charge on any atom is 0.238 e. The topological polar surface area (TPSA) is 61.7 Å². The first-order valence-electron chi connectivity index (χ1n) is 19.1. The number of aromatic nitrogens is 5. The van der Waals surface area contributed by atoms with Gasteiger partial charge in [-0.25, -0.2) is 4.98 Å². The Hall–Kier alpha value is -7.83. The van der Waals surface area contributed by atoms with Gasteiger partial charge in [0.15, 0.2) is 11.6 Å². The lowest BCUT2D eigenvalue weighted by atomic mass is 10.0. The molecule has 0 fully saturated rings. The fourth-order valence-corrected chi connectivity index (χ4v) is 8.62. The fraction of sp³-hybridized carbons (Fsp3) is 0. The third-order valence-electron chi connectivity index (χ3n) is 11.2. The van der Waals surface area contributed by atoms with Gasteiger partial charge in [-0.15, -0.1) is 0 Å². The van der Waals surface area contributed by atoms with Crippen LogP contribution in [0.3, 0.4) is 0 Å². The van der Waals surface area contributed by atoms with Crippen molar-refractivity contribution in [1.82, 2.24) is 24.1 Å². The number of benzene rings is 8. The van der Waals surface area contributed by atoms with E-state index in [9.17, 15) is 0 Å². The Balaban J connectivity index is 1.09. The molecule has 0 aliphatic heterocycles. The molecular weight excluding hydrogens is 699 g/mol. The predicted molar refractivity (Wildman–Crippen MR) is 232 cm³/mol. The number of para-hydroxylation sites is 3. The highest BCUT2D eigenvalue weighted by Gasteiger charge is 2.21. The average Bonchev–Trinajstić information content (AvgIpc) is 3.94. The highest BCUT2D eigenvalue weighted by molar-refractivity contribution is 6.15. The average molecular weight is 730 g/mol. The minimum Gasteiger partial charge on any atom is -0.456 e. The van der Waals surface area contributed by atoms with Gasteiger partial charge in [0, 0.05) is 38.1 Å². The molecule has 0 saturated heterocycles. The number of furan rings is 1. The van der Waals surface area contributed by atoms with E-state index in [-0.39, 0.29) is 0 Å². The molecule has 0 saturated carbocycles. The molecule has 4 aromatic heterocycles. The smallest absolute Gasteiger partial charge is 0.238 e. The zero-order valence-corrected chi connectivity index (χ0v) is 30.5. The van der Waals surface area contributed by atoms with Gasteiger partial charge in [-0.2, -0.15) is 9.97 Å². The molecule has 4 heterocycles. The largest absolute Gasteiger partial charge is 0.456 e. The molecule has 6 heteroatoms. The monoisotopic (exact) mass is 729 g/mol. The Kier molecular flexibility index (Phi) is 6.83. The van der Waals surface area contributed by atoms with Crippen molar-refractivity contribution in [2.45, 2.75) is 0 Å². The summed E-state index contributed by atoms with van der Waals surface area (Å²) in [5.41, 5.74) is 11.2. The van der Waals surface area contributed by atoms with Crippen LogP contribution >= 0.6 is 0 Å². The SMILES string of the molecule is c1ccc(-c2ccc3c(c2)c2ccccc2n3-c2cccc3oc4ccc(-c5nc(-c6ccccc6)nc(-n6c7ccccc7c7ccccc76)n5)cc4c23)cc1. The molecule has 0 aliphatic rings. The van der Waals surface area contributed by atoms with Gasteiger partial charge in [-0.3, -0.25) is 4.57 Å². The first-order valence-corrected chi connectivity index (χ1v) is 19.1. The lowest BCUT2D eigenvalue weighted by molar-refractivity contribution is 0.669. The van der Waals surface area contributed by atoms with E-state index in [1.807, 2.05) is 36.4 Å². The second kappa shape index (κ2) is 12.3. The second-order valence-electron chi connectivity index (χ2n) is 14.4. The van der Waals surface area contributed by atoms with Gasteiger partial charge >= 0.3 is 0 Å². The molecule has 266 valence electrons. The van der Waals surface area contributed by atoms with Crippen molar-refractivity contribution in [1.29, 1.82) is 0 Å². The van der Waals surface area contributed by atoms with Crippen LogP contribution in [0, 0.1) is 0 Å². The summed E-state index contributed by atoms with van der Waals surface area (Å²) in [6, 6.07) is 65.6. The van der Waals surface area contributed by atoms with Gasteiger partial charge in [0.25, 0.3) is 0 Å². The summed E-state index contributed by atoms with van der Waals surface area (Å²) in [4.78, 5) is 15.5. The molecule has 8 aromatic carbocycles. The van der Waals surface area contributed by atoms with E-state index in [4.69, 9.17) is 19.4 Å². The van der Waals surface area contributed by atoms with E-state index in [0.29, 0.717) is 17.6 Å². The van der Waals surface area contributed by atoms with Gasteiger partial charge in [0.1, 0.15) is 11.2 Å².